The van der Waals surface area contributed by atoms with Crippen LogP contribution in [-0.2, 0) is 0 Å². The molecule has 0 fully saturated rings. The monoisotopic (exact) mass is 297 g/mol. The number of H-pyrrole nitrogens is 1. The van der Waals surface area contributed by atoms with E-state index in [2.05, 4.69) is 15.3 Å². The molecular formula is C16H12FN3O2. The number of nitrogens with zero attached hydrogens (tertiary/aromatic N) is 1. The third kappa shape index (κ3) is 1.92. The van der Waals surface area contributed by atoms with Gasteiger partial charge in [-0.3, -0.25) is 4.79 Å². The van der Waals surface area contributed by atoms with Crippen molar-refractivity contribution in [3.05, 3.63) is 48.0 Å². The lowest BCUT2D eigenvalue weighted by molar-refractivity contribution is 0.0953. The standard InChI is InChI=1S/C16H12FN3O2/c17-12-6-9(7-13-14(12)16(21)19-4-5-22-13)11-8-20-15-10(11)2-1-3-18-15/h1-3,6-8H,4-5H2,(H,18,20)(H,19,21). The third-order valence-electron chi connectivity index (χ3n) is 3.69. The highest BCUT2D eigenvalue weighted by Gasteiger charge is 2.23. The normalized spacial score (nSPS) is 14.1. The van der Waals surface area contributed by atoms with Crippen molar-refractivity contribution in [3.8, 4) is 16.9 Å². The largest absolute Gasteiger partial charge is 0.491 e. The Morgan fingerprint density at radius 3 is 3.14 bits per heavy atom. The van der Waals surface area contributed by atoms with E-state index in [1.165, 1.54) is 6.07 Å². The highest BCUT2D eigenvalue weighted by Crippen LogP contribution is 2.34. The zero-order chi connectivity index (χ0) is 15.1. The molecule has 0 radical (unpaired) electrons. The molecule has 0 atom stereocenters. The molecule has 0 bridgehead atoms. The number of ether oxygens (including phenoxy) is 1. The van der Waals surface area contributed by atoms with Crippen molar-refractivity contribution in [2.45, 2.75) is 0 Å². The van der Waals surface area contributed by atoms with Gasteiger partial charge in [-0.25, -0.2) is 9.37 Å². The summed E-state index contributed by atoms with van der Waals surface area (Å²) in [4.78, 5) is 19.2. The minimum absolute atomic E-state index is 0.0424. The molecule has 2 N–H and O–H groups in total. The number of benzene rings is 1. The Morgan fingerprint density at radius 2 is 2.23 bits per heavy atom. The smallest absolute Gasteiger partial charge is 0.258 e. The van der Waals surface area contributed by atoms with Crippen molar-refractivity contribution >= 4 is 16.9 Å². The first-order chi connectivity index (χ1) is 10.7. The summed E-state index contributed by atoms with van der Waals surface area (Å²) in [6.07, 6.45) is 3.46. The highest BCUT2D eigenvalue weighted by atomic mass is 19.1. The first kappa shape index (κ1) is 12.8. The van der Waals surface area contributed by atoms with Gasteiger partial charge < -0.3 is 15.0 Å². The summed E-state index contributed by atoms with van der Waals surface area (Å²) < 4.78 is 19.9. The summed E-state index contributed by atoms with van der Waals surface area (Å²) in [5.41, 5.74) is 2.15. The maximum absolute atomic E-state index is 14.4. The molecule has 0 spiro atoms. The van der Waals surface area contributed by atoms with Crippen LogP contribution in [0.5, 0.6) is 5.75 Å². The number of carbonyl (C=O) groups is 1. The minimum Gasteiger partial charge on any atom is -0.491 e. The SMILES string of the molecule is O=C1NCCOc2cc(-c3c[nH]c4ncccc34)cc(F)c21. The molecule has 5 nitrogen and oxygen atoms in total. The predicted octanol–water partition coefficient (Wildman–Crippen LogP) is 2.49. The van der Waals surface area contributed by atoms with Crippen molar-refractivity contribution < 1.29 is 13.9 Å². The molecule has 1 aliphatic rings. The second-order valence-electron chi connectivity index (χ2n) is 5.04. The fourth-order valence-corrected chi connectivity index (χ4v) is 2.68. The summed E-state index contributed by atoms with van der Waals surface area (Å²) in [6, 6.07) is 6.77. The van der Waals surface area contributed by atoms with Crippen molar-refractivity contribution in [1.29, 1.82) is 0 Å². The van der Waals surface area contributed by atoms with Gasteiger partial charge in [0, 0.05) is 23.3 Å². The minimum atomic E-state index is -0.592. The van der Waals surface area contributed by atoms with Crippen LogP contribution in [0, 0.1) is 5.82 Å². The van der Waals surface area contributed by atoms with Crippen LogP contribution >= 0.6 is 0 Å². The van der Waals surface area contributed by atoms with Crippen LogP contribution in [0.3, 0.4) is 0 Å². The van der Waals surface area contributed by atoms with E-state index in [4.69, 9.17) is 4.74 Å². The van der Waals surface area contributed by atoms with Crippen molar-refractivity contribution in [2.75, 3.05) is 13.2 Å². The summed E-state index contributed by atoms with van der Waals surface area (Å²) in [6.45, 7) is 0.677. The molecule has 0 saturated heterocycles. The molecule has 22 heavy (non-hydrogen) atoms. The topological polar surface area (TPSA) is 67.0 Å². The number of hydrogen-bond donors (Lipinski definition) is 2. The molecular weight excluding hydrogens is 285 g/mol. The first-order valence-electron chi connectivity index (χ1n) is 6.91. The maximum atomic E-state index is 14.4. The number of halogens is 1. The average molecular weight is 297 g/mol. The number of hydrogen-bond acceptors (Lipinski definition) is 3. The molecule has 110 valence electrons. The second kappa shape index (κ2) is 4.84. The summed E-state index contributed by atoms with van der Waals surface area (Å²) in [5.74, 6) is -0.773. The van der Waals surface area contributed by atoms with Crippen LogP contribution < -0.4 is 10.1 Å². The van der Waals surface area contributed by atoms with E-state index in [0.29, 0.717) is 18.7 Å². The number of nitrogens with one attached hydrogen (secondary N) is 2. The first-order valence-corrected chi connectivity index (χ1v) is 6.91. The number of fused-ring (bicyclic) bond motifs is 2. The Balaban J connectivity index is 1.92. The van der Waals surface area contributed by atoms with Gasteiger partial charge in [0.05, 0.1) is 6.54 Å². The van der Waals surface area contributed by atoms with E-state index in [1.54, 1.807) is 18.5 Å². The van der Waals surface area contributed by atoms with Gasteiger partial charge in [0.1, 0.15) is 29.4 Å². The fourth-order valence-electron chi connectivity index (χ4n) is 2.68. The molecule has 1 amide bonds. The van der Waals surface area contributed by atoms with E-state index in [0.717, 1.165) is 16.6 Å². The van der Waals surface area contributed by atoms with Gasteiger partial charge in [-0.1, -0.05) is 0 Å². The number of pyridine rings is 1. The lowest BCUT2D eigenvalue weighted by Crippen LogP contribution is -2.25. The molecule has 6 heteroatoms. The van der Waals surface area contributed by atoms with Crippen molar-refractivity contribution in [1.82, 2.24) is 15.3 Å². The number of rotatable bonds is 1. The molecule has 0 saturated carbocycles. The third-order valence-corrected chi connectivity index (χ3v) is 3.69. The average Bonchev–Trinajstić information content (AvgIpc) is 2.85. The van der Waals surface area contributed by atoms with Gasteiger partial charge in [0.15, 0.2) is 0 Å². The van der Waals surface area contributed by atoms with E-state index in [-0.39, 0.29) is 11.3 Å². The fraction of sp³-hybridized carbons (Fsp3) is 0.125. The van der Waals surface area contributed by atoms with Gasteiger partial charge in [0.2, 0.25) is 0 Å². The van der Waals surface area contributed by atoms with E-state index in [9.17, 15) is 9.18 Å². The van der Waals surface area contributed by atoms with Crippen molar-refractivity contribution in [3.63, 3.8) is 0 Å². The van der Waals surface area contributed by atoms with Crippen LogP contribution in [0.25, 0.3) is 22.2 Å². The Morgan fingerprint density at radius 1 is 1.32 bits per heavy atom. The molecule has 2 aromatic heterocycles. The van der Waals surface area contributed by atoms with Gasteiger partial charge in [-0.05, 0) is 29.8 Å². The van der Waals surface area contributed by atoms with Crippen LogP contribution in [-0.4, -0.2) is 29.0 Å². The van der Waals surface area contributed by atoms with Gasteiger partial charge in [-0.15, -0.1) is 0 Å². The Kier molecular flexibility index (Phi) is 2.82. The number of aromatic amines is 1. The number of amides is 1. The number of carbonyl (C=O) groups excluding carboxylic acids is 1. The molecule has 0 aliphatic carbocycles. The summed E-state index contributed by atoms with van der Waals surface area (Å²) >= 11 is 0. The van der Waals surface area contributed by atoms with Gasteiger partial charge >= 0.3 is 0 Å². The zero-order valence-electron chi connectivity index (χ0n) is 11.5. The quantitative estimate of drug-likeness (QED) is 0.725. The lowest BCUT2D eigenvalue weighted by atomic mass is 10.0. The molecule has 3 heterocycles. The summed E-state index contributed by atoms with van der Waals surface area (Å²) in [5, 5.41) is 3.49. The van der Waals surface area contributed by atoms with Gasteiger partial charge in [0.25, 0.3) is 5.91 Å². The predicted molar refractivity (Wildman–Crippen MR) is 79.3 cm³/mol. The van der Waals surface area contributed by atoms with E-state index < -0.39 is 11.7 Å². The Hall–Kier alpha value is -2.89. The van der Waals surface area contributed by atoms with Crippen LogP contribution in [0.2, 0.25) is 0 Å². The molecule has 1 aromatic carbocycles. The van der Waals surface area contributed by atoms with Crippen molar-refractivity contribution in [2.24, 2.45) is 0 Å². The Bertz CT molecular complexity index is 888. The lowest BCUT2D eigenvalue weighted by Gasteiger charge is -2.09. The molecule has 3 aromatic rings. The molecule has 0 unspecified atom stereocenters. The molecule has 4 rings (SSSR count). The second-order valence-corrected chi connectivity index (χ2v) is 5.04. The van der Waals surface area contributed by atoms with Crippen LogP contribution in [0.1, 0.15) is 10.4 Å². The zero-order valence-corrected chi connectivity index (χ0v) is 11.5. The van der Waals surface area contributed by atoms with Crippen LogP contribution in [0.4, 0.5) is 4.39 Å². The highest BCUT2D eigenvalue weighted by molar-refractivity contribution is 5.99. The van der Waals surface area contributed by atoms with Gasteiger partial charge in [-0.2, -0.15) is 0 Å². The number of aromatic nitrogens is 2. The Labute approximate surface area is 125 Å². The van der Waals surface area contributed by atoms with Crippen LogP contribution in [0.15, 0.2) is 36.7 Å². The molecule has 1 aliphatic heterocycles. The maximum Gasteiger partial charge on any atom is 0.258 e. The van der Waals surface area contributed by atoms with E-state index >= 15 is 0 Å². The summed E-state index contributed by atoms with van der Waals surface area (Å²) in [7, 11) is 0. The van der Waals surface area contributed by atoms with E-state index in [1.807, 2.05) is 12.1 Å².